The molecule has 8 heteroatoms. The number of hydrogen-bond acceptors (Lipinski definition) is 4. The molecule has 40 heavy (non-hydrogen) atoms. The lowest BCUT2D eigenvalue weighted by Gasteiger charge is -2.29. The summed E-state index contributed by atoms with van der Waals surface area (Å²) in [4.78, 5) is 0. The predicted octanol–water partition coefficient (Wildman–Crippen LogP) is 7.98. The fourth-order valence-corrected chi connectivity index (χ4v) is 4.78. The van der Waals surface area contributed by atoms with Crippen LogP contribution in [0.5, 0.6) is 5.75 Å². The molecule has 218 valence electrons. The molecule has 1 heterocycles. The maximum absolute atomic E-state index is 15.3. The zero-order valence-electron chi connectivity index (χ0n) is 23.0. The third-order valence-electron chi connectivity index (χ3n) is 7.06. The number of unbranched alkanes of at least 4 members (excludes halogenated alkanes) is 3. The normalized spacial score (nSPS) is 17.8. The number of fused-ring (bicyclic) bond motifs is 1. The maximum atomic E-state index is 15.3. The van der Waals surface area contributed by atoms with Crippen LogP contribution in [0.25, 0.3) is 10.8 Å². The minimum Gasteiger partial charge on any atom is -0.484 e. The van der Waals surface area contributed by atoms with Crippen molar-refractivity contribution in [3.8, 4) is 5.75 Å². The molecule has 1 fully saturated rings. The van der Waals surface area contributed by atoms with Crippen molar-refractivity contribution in [2.45, 2.75) is 76.9 Å². The molecule has 4 rings (SSSR count). The average molecular weight is 563 g/mol. The molecule has 4 nitrogen and oxygen atoms in total. The van der Waals surface area contributed by atoms with E-state index in [1.807, 2.05) is 24.3 Å². The molecule has 0 radical (unpaired) electrons. The summed E-state index contributed by atoms with van der Waals surface area (Å²) in [6.45, 7) is 2.69. The summed E-state index contributed by atoms with van der Waals surface area (Å²) in [7, 11) is 0. The molecule has 1 aliphatic rings. The van der Waals surface area contributed by atoms with E-state index < -0.39 is 12.8 Å². The van der Waals surface area contributed by atoms with Crippen LogP contribution in [0, 0.1) is 5.82 Å². The van der Waals surface area contributed by atoms with Gasteiger partial charge in [0.15, 0.2) is 12.9 Å². The molecule has 0 bridgehead atoms. The van der Waals surface area contributed by atoms with E-state index in [1.54, 1.807) is 18.2 Å². The summed E-state index contributed by atoms with van der Waals surface area (Å²) in [6, 6.07) is 15.9. The van der Waals surface area contributed by atoms with Crippen molar-refractivity contribution in [2.75, 3.05) is 26.4 Å². The number of rotatable bonds is 14. The van der Waals surface area contributed by atoms with Crippen molar-refractivity contribution >= 4 is 10.8 Å². The monoisotopic (exact) mass is 562 g/mol. The van der Waals surface area contributed by atoms with Crippen LogP contribution in [0.15, 0.2) is 54.6 Å². The topological polar surface area (TPSA) is 36.9 Å². The van der Waals surface area contributed by atoms with Gasteiger partial charge in [0.2, 0.25) is 0 Å². The highest BCUT2D eigenvalue weighted by atomic mass is 19.4. The van der Waals surface area contributed by atoms with E-state index in [0.717, 1.165) is 42.4 Å². The average Bonchev–Trinajstić information content (AvgIpc) is 2.95. The Labute approximate surface area is 233 Å². The Morgan fingerprint density at radius 2 is 1.60 bits per heavy atom. The van der Waals surface area contributed by atoms with E-state index in [2.05, 4.69) is 6.92 Å². The Balaban J connectivity index is 1.23. The highest BCUT2D eigenvalue weighted by Crippen LogP contribution is 2.26. The number of ether oxygens (including phenoxy) is 4. The van der Waals surface area contributed by atoms with Gasteiger partial charge in [-0.15, -0.1) is 0 Å². The van der Waals surface area contributed by atoms with Gasteiger partial charge in [-0.05, 0) is 59.9 Å². The summed E-state index contributed by atoms with van der Waals surface area (Å²) in [5.41, 5.74) is 2.59. The highest BCUT2D eigenvalue weighted by molar-refractivity contribution is 5.84. The van der Waals surface area contributed by atoms with Crippen LogP contribution in [-0.4, -0.2) is 45.0 Å². The molecule has 0 atom stereocenters. The quantitative estimate of drug-likeness (QED) is 0.148. The number of hydrogen-bond donors (Lipinski definition) is 0. The smallest absolute Gasteiger partial charge is 0.422 e. The van der Waals surface area contributed by atoms with Crippen LogP contribution < -0.4 is 4.74 Å². The summed E-state index contributed by atoms with van der Waals surface area (Å²) in [5.74, 6) is -0.0874. The van der Waals surface area contributed by atoms with Crippen LogP contribution in [0.2, 0.25) is 0 Å². The summed E-state index contributed by atoms with van der Waals surface area (Å²) in [6.07, 6.45) is 2.57. The third kappa shape index (κ3) is 9.46. The summed E-state index contributed by atoms with van der Waals surface area (Å²) >= 11 is 0. The zero-order valence-corrected chi connectivity index (χ0v) is 23.0. The van der Waals surface area contributed by atoms with E-state index >= 15 is 4.39 Å². The summed E-state index contributed by atoms with van der Waals surface area (Å²) < 4.78 is 74.5. The maximum Gasteiger partial charge on any atom is 0.422 e. The Hall–Kier alpha value is -2.68. The second-order valence-electron chi connectivity index (χ2n) is 10.3. The van der Waals surface area contributed by atoms with Gasteiger partial charge in [0, 0.05) is 18.4 Å². The zero-order chi connectivity index (χ0) is 28.4. The molecule has 0 aromatic heterocycles. The predicted molar refractivity (Wildman–Crippen MR) is 147 cm³/mol. The van der Waals surface area contributed by atoms with Crippen molar-refractivity contribution in [2.24, 2.45) is 0 Å². The molecule has 3 aromatic rings. The molecule has 0 aliphatic carbocycles. The Morgan fingerprint density at radius 3 is 2.33 bits per heavy atom. The third-order valence-corrected chi connectivity index (χ3v) is 7.06. The molecule has 1 saturated heterocycles. The van der Waals surface area contributed by atoms with Crippen molar-refractivity contribution in [3.63, 3.8) is 0 Å². The van der Waals surface area contributed by atoms with Crippen molar-refractivity contribution in [1.82, 2.24) is 0 Å². The van der Waals surface area contributed by atoms with Crippen molar-refractivity contribution in [1.29, 1.82) is 0 Å². The van der Waals surface area contributed by atoms with Crippen molar-refractivity contribution in [3.05, 3.63) is 77.1 Å². The number of aryl methyl sites for hydroxylation is 3. The van der Waals surface area contributed by atoms with Gasteiger partial charge in [0.25, 0.3) is 0 Å². The number of benzene rings is 3. The molecule has 0 unspecified atom stereocenters. The van der Waals surface area contributed by atoms with Crippen LogP contribution >= 0.6 is 0 Å². The SMILES string of the molecule is CCCCCCOC1COC(CCc2ccc3c(F)c(CCc4ccc(OCC(F)(F)F)cc4)ccc3c2)OC1. The van der Waals surface area contributed by atoms with E-state index in [1.165, 1.54) is 31.4 Å². The van der Waals surface area contributed by atoms with Gasteiger partial charge in [-0.25, -0.2) is 4.39 Å². The van der Waals surface area contributed by atoms with Gasteiger partial charge in [-0.1, -0.05) is 68.7 Å². The number of halogens is 4. The van der Waals surface area contributed by atoms with Gasteiger partial charge in [-0.3, -0.25) is 0 Å². The lowest BCUT2D eigenvalue weighted by Crippen LogP contribution is -2.37. The molecule has 0 saturated carbocycles. The van der Waals surface area contributed by atoms with Crippen LogP contribution in [-0.2, 0) is 33.5 Å². The first-order chi connectivity index (χ1) is 19.3. The Kier molecular flexibility index (Phi) is 11.2. The van der Waals surface area contributed by atoms with Gasteiger partial charge < -0.3 is 18.9 Å². The fraction of sp³-hybridized carbons (Fsp3) is 0.500. The van der Waals surface area contributed by atoms with Gasteiger partial charge in [0.1, 0.15) is 17.7 Å². The summed E-state index contributed by atoms with van der Waals surface area (Å²) in [5, 5.41) is 1.41. The molecular formula is C32H38F4O4. The van der Waals surface area contributed by atoms with E-state index in [-0.39, 0.29) is 24.0 Å². The molecule has 3 aromatic carbocycles. The minimum atomic E-state index is -4.38. The minimum absolute atomic E-state index is 0.00707. The lowest BCUT2D eigenvalue weighted by molar-refractivity contribution is -0.227. The first kappa shape index (κ1) is 30.3. The number of alkyl halides is 3. The second kappa shape index (κ2) is 14.8. The van der Waals surface area contributed by atoms with Crippen LogP contribution in [0.4, 0.5) is 17.6 Å². The Bertz CT molecular complexity index is 1190. The van der Waals surface area contributed by atoms with E-state index in [4.69, 9.17) is 18.9 Å². The highest BCUT2D eigenvalue weighted by Gasteiger charge is 2.28. The van der Waals surface area contributed by atoms with Gasteiger partial charge >= 0.3 is 6.18 Å². The molecule has 1 aliphatic heterocycles. The van der Waals surface area contributed by atoms with E-state index in [9.17, 15) is 13.2 Å². The fourth-order valence-electron chi connectivity index (χ4n) is 4.78. The Morgan fingerprint density at radius 1 is 0.850 bits per heavy atom. The van der Waals surface area contributed by atoms with Crippen molar-refractivity contribution < 1.29 is 36.5 Å². The lowest BCUT2D eigenvalue weighted by atomic mass is 9.98. The van der Waals surface area contributed by atoms with Gasteiger partial charge in [-0.2, -0.15) is 13.2 Å². The molecule has 0 N–H and O–H groups in total. The molecular weight excluding hydrogens is 524 g/mol. The van der Waals surface area contributed by atoms with Crippen LogP contribution in [0.1, 0.15) is 55.7 Å². The van der Waals surface area contributed by atoms with Gasteiger partial charge in [0.05, 0.1) is 13.2 Å². The first-order valence-electron chi connectivity index (χ1n) is 14.1. The second-order valence-corrected chi connectivity index (χ2v) is 10.3. The standard InChI is InChI=1S/C32H38F4O4/c1-2-3-4-5-18-37-28-20-38-30(39-21-28)17-10-24-9-16-29-26(19-24)13-12-25(31(29)33)11-6-23-7-14-27(15-8-23)40-22-32(34,35)36/h7-9,12-16,19,28,30H,2-6,10-11,17-18,20-22H2,1H3. The molecule has 0 spiro atoms. The molecule has 0 amide bonds. The largest absolute Gasteiger partial charge is 0.484 e. The first-order valence-corrected chi connectivity index (χ1v) is 14.1. The van der Waals surface area contributed by atoms with Crippen LogP contribution in [0.3, 0.4) is 0 Å². The van der Waals surface area contributed by atoms with E-state index in [0.29, 0.717) is 37.0 Å².